The summed E-state index contributed by atoms with van der Waals surface area (Å²) < 4.78 is 5.08. The predicted octanol–water partition coefficient (Wildman–Crippen LogP) is 3.22. The van der Waals surface area contributed by atoms with Gasteiger partial charge in [-0.1, -0.05) is 23.7 Å². The van der Waals surface area contributed by atoms with Crippen LogP contribution in [0.15, 0.2) is 48.5 Å². The molecular weight excluding hydrogens is 326 g/mol. The molecule has 0 saturated heterocycles. The standard InChI is InChI=1S/C18H18ClN3O2/c1-24-17-8-6-16(7-9-17)21-12-14(10-20)18(23)22-11-13-2-4-15(19)5-3-13/h2-9,14,21H,11-12H2,1H3,(H,22,23). The maximum atomic E-state index is 12.1. The Bertz CT molecular complexity index is 709. The number of anilines is 1. The fourth-order valence-electron chi connectivity index (χ4n) is 2.04. The first-order chi connectivity index (χ1) is 11.6. The van der Waals surface area contributed by atoms with Gasteiger partial charge in [-0.2, -0.15) is 5.26 Å². The number of nitrogens with zero attached hydrogens (tertiary/aromatic N) is 1. The van der Waals surface area contributed by atoms with Crippen molar-refractivity contribution in [2.75, 3.05) is 19.0 Å². The Kier molecular flexibility index (Phi) is 6.47. The largest absolute Gasteiger partial charge is 0.497 e. The van der Waals surface area contributed by atoms with E-state index in [-0.39, 0.29) is 12.5 Å². The van der Waals surface area contributed by atoms with Crippen molar-refractivity contribution in [2.24, 2.45) is 5.92 Å². The Hall–Kier alpha value is -2.71. The van der Waals surface area contributed by atoms with Crippen LogP contribution in [0.2, 0.25) is 5.02 Å². The van der Waals surface area contributed by atoms with E-state index in [9.17, 15) is 10.1 Å². The van der Waals surface area contributed by atoms with Crippen LogP contribution in [0.1, 0.15) is 5.56 Å². The van der Waals surface area contributed by atoms with Gasteiger partial charge in [0.2, 0.25) is 5.91 Å². The van der Waals surface area contributed by atoms with E-state index >= 15 is 0 Å². The van der Waals surface area contributed by atoms with Crippen LogP contribution in [0.3, 0.4) is 0 Å². The van der Waals surface area contributed by atoms with Crippen molar-refractivity contribution < 1.29 is 9.53 Å². The number of amides is 1. The number of halogens is 1. The molecule has 0 aromatic heterocycles. The molecule has 24 heavy (non-hydrogen) atoms. The third-order valence-corrected chi connectivity index (χ3v) is 3.70. The zero-order valence-electron chi connectivity index (χ0n) is 13.3. The average molecular weight is 344 g/mol. The summed E-state index contributed by atoms with van der Waals surface area (Å²) in [4.78, 5) is 12.1. The molecule has 0 radical (unpaired) electrons. The molecule has 0 aliphatic rings. The molecule has 0 aliphatic heterocycles. The number of methoxy groups -OCH3 is 1. The lowest BCUT2D eigenvalue weighted by molar-refractivity contribution is -0.123. The smallest absolute Gasteiger partial charge is 0.239 e. The first-order valence-electron chi connectivity index (χ1n) is 7.42. The van der Waals surface area contributed by atoms with E-state index < -0.39 is 5.92 Å². The Labute approximate surface area is 146 Å². The van der Waals surface area contributed by atoms with Crippen molar-refractivity contribution in [3.63, 3.8) is 0 Å². The van der Waals surface area contributed by atoms with Crippen LogP contribution in [-0.4, -0.2) is 19.6 Å². The SMILES string of the molecule is COc1ccc(NCC(C#N)C(=O)NCc2ccc(Cl)cc2)cc1. The maximum Gasteiger partial charge on any atom is 0.239 e. The normalized spacial score (nSPS) is 11.2. The van der Waals surface area contributed by atoms with E-state index in [0.717, 1.165) is 17.0 Å². The summed E-state index contributed by atoms with van der Waals surface area (Å²) in [5.41, 5.74) is 1.74. The van der Waals surface area contributed by atoms with Crippen molar-refractivity contribution in [3.05, 3.63) is 59.1 Å². The van der Waals surface area contributed by atoms with Crippen LogP contribution in [0.25, 0.3) is 0 Å². The molecule has 0 spiro atoms. The Balaban J connectivity index is 1.84. The molecule has 2 aromatic carbocycles. The number of nitrogens with one attached hydrogen (secondary N) is 2. The maximum absolute atomic E-state index is 12.1. The van der Waals surface area contributed by atoms with Crippen molar-refractivity contribution in [1.82, 2.24) is 5.32 Å². The van der Waals surface area contributed by atoms with E-state index in [1.165, 1.54) is 0 Å². The van der Waals surface area contributed by atoms with Gasteiger partial charge in [-0.3, -0.25) is 4.79 Å². The van der Waals surface area contributed by atoms with Crippen LogP contribution in [-0.2, 0) is 11.3 Å². The van der Waals surface area contributed by atoms with Gasteiger partial charge in [0.25, 0.3) is 0 Å². The minimum Gasteiger partial charge on any atom is -0.497 e. The summed E-state index contributed by atoms with van der Waals surface area (Å²) in [5.74, 6) is -0.342. The summed E-state index contributed by atoms with van der Waals surface area (Å²) in [7, 11) is 1.60. The minimum absolute atomic E-state index is 0.231. The van der Waals surface area contributed by atoms with Gasteiger partial charge in [-0.15, -0.1) is 0 Å². The Morgan fingerprint density at radius 3 is 2.46 bits per heavy atom. The highest BCUT2D eigenvalue weighted by Crippen LogP contribution is 2.15. The highest BCUT2D eigenvalue weighted by atomic mass is 35.5. The fourth-order valence-corrected chi connectivity index (χ4v) is 2.17. The van der Waals surface area contributed by atoms with Crippen LogP contribution in [0.4, 0.5) is 5.69 Å². The van der Waals surface area contributed by atoms with Crippen molar-refractivity contribution in [1.29, 1.82) is 5.26 Å². The van der Waals surface area contributed by atoms with Crippen molar-refractivity contribution in [3.8, 4) is 11.8 Å². The highest BCUT2D eigenvalue weighted by Gasteiger charge is 2.17. The third kappa shape index (κ3) is 5.18. The first kappa shape index (κ1) is 17.6. The Morgan fingerprint density at radius 1 is 1.21 bits per heavy atom. The zero-order valence-corrected chi connectivity index (χ0v) is 14.0. The molecule has 1 unspecified atom stereocenters. The van der Waals surface area contributed by atoms with Crippen LogP contribution >= 0.6 is 11.6 Å². The molecule has 0 heterocycles. The second kappa shape index (κ2) is 8.80. The highest BCUT2D eigenvalue weighted by molar-refractivity contribution is 6.30. The number of benzene rings is 2. The van der Waals surface area contributed by atoms with E-state index in [4.69, 9.17) is 16.3 Å². The number of hydrogen-bond acceptors (Lipinski definition) is 4. The van der Waals surface area contributed by atoms with E-state index in [2.05, 4.69) is 10.6 Å². The lowest BCUT2D eigenvalue weighted by Crippen LogP contribution is -2.33. The van der Waals surface area contributed by atoms with Crippen LogP contribution in [0, 0.1) is 17.2 Å². The summed E-state index contributed by atoms with van der Waals surface area (Å²) >= 11 is 5.82. The lowest BCUT2D eigenvalue weighted by Gasteiger charge is -2.12. The number of ether oxygens (including phenoxy) is 1. The number of hydrogen-bond donors (Lipinski definition) is 2. The molecule has 0 fully saturated rings. The molecule has 2 aromatic rings. The molecule has 0 saturated carbocycles. The van der Waals surface area contributed by atoms with Crippen LogP contribution in [0.5, 0.6) is 5.75 Å². The fraction of sp³-hybridized carbons (Fsp3) is 0.222. The lowest BCUT2D eigenvalue weighted by atomic mass is 10.1. The topological polar surface area (TPSA) is 74.1 Å². The first-order valence-corrected chi connectivity index (χ1v) is 7.80. The minimum atomic E-state index is -0.778. The molecular formula is C18H18ClN3O2. The van der Waals surface area contributed by atoms with Gasteiger partial charge in [0.15, 0.2) is 0 Å². The molecule has 0 bridgehead atoms. The molecule has 2 rings (SSSR count). The monoisotopic (exact) mass is 343 g/mol. The summed E-state index contributed by atoms with van der Waals surface area (Å²) in [5, 5.41) is 15.7. The van der Waals surface area contributed by atoms with E-state index in [1.54, 1.807) is 19.2 Å². The molecule has 124 valence electrons. The molecule has 0 aliphatic carbocycles. The summed E-state index contributed by atoms with van der Waals surface area (Å²) in [6.45, 7) is 0.589. The van der Waals surface area contributed by atoms with E-state index in [0.29, 0.717) is 11.6 Å². The van der Waals surface area contributed by atoms with Gasteiger partial charge in [0, 0.05) is 23.8 Å². The van der Waals surface area contributed by atoms with Crippen molar-refractivity contribution >= 4 is 23.2 Å². The molecule has 1 atom stereocenters. The molecule has 5 nitrogen and oxygen atoms in total. The molecule has 6 heteroatoms. The van der Waals surface area contributed by atoms with Gasteiger partial charge < -0.3 is 15.4 Å². The van der Waals surface area contributed by atoms with Gasteiger partial charge in [-0.25, -0.2) is 0 Å². The average Bonchev–Trinajstić information content (AvgIpc) is 2.62. The van der Waals surface area contributed by atoms with Crippen LogP contribution < -0.4 is 15.4 Å². The number of rotatable bonds is 7. The predicted molar refractivity (Wildman–Crippen MR) is 93.9 cm³/mol. The number of nitriles is 1. The van der Waals surface area contributed by atoms with Gasteiger partial charge in [0.1, 0.15) is 11.7 Å². The van der Waals surface area contributed by atoms with Gasteiger partial charge in [0.05, 0.1) is 13.2 Å². The second-order valence-electron chi connectivity index (χ2n) is 5.14. The quantitative estimate of drug-likeness (QED) is 0.809. The van der Waals surface area contributed by atoms with Crippen molar-refractivity contribution in [2.45, 2.75) is 6.54 Å². The molecule has 1 amide bonds. The van der Waals surface area contributed by atoms with E-state index in [1.807, 2.05) is 42.5 Å². The van der Waals surface area contributed by atoms with Gasteiger partial charge in [-0.05, 0) is 42.0 Å². The Morgan fingerprint density at radius 2 is 1.88 bits per heavy atom. The number of carbonyl (C=O) groups excluding carboxylic acids is 1. The summed E-state index contributed by atoms with van der Waals surface area (Å²) in [6, 6.07) is 16.5. The third-order valence-electron chi connectivity index (χ3n) is 3.45. The number of carbonyl (C=O) groups is 1. The van der Waals surface area contributed by atoms with Gasteiger partial charge >= 0.3 is 0 Å². The zero-order chi connectivity index (χ0) is 17.4. The second-order valence-corrected chi connectivity index (χ2v) is 5.57. The summed E-state index contributed by atoms with van der Waals surface area (Å²) in [6.07, 6.45) is 0. The molecule has 2 N–H and O–H groups in total.